The van der Waals surface area contributed by atoms with Crippen molar-refractivity contribution in [2.75, 3.05) is 24.6 Å². The lowest BCUT2D eigenvalue weighted by Gasteiger charge is -2.55. The van der Waals surface area contributed by atoms with Gasteiger partial charge in [0.1, 0.15) is 23.4 Å². The van der Waals surface area contributed by atoms with Crippen molar-refractivity contribution in [2.24, 2.45) is 0 Å². The average Bonchev–Trinajstić information content (AvgIpc) is 3.36. The molecule has 12 heteroatoms. The fourth-order valence-corrected chi connectivity index (χ4v) is 7.11. The molecule has 4 fully saturated rings. The molecular weight excluding hydrogens is 579 g/mol. The van der Waals surface area contributed by atoms with Crippen LogP contribution in [0.15, 0.2) is 48.9 Å². The summed E-state index contributed by atoms with van der Waals surface area (Å²) in [6.45, 7) is 3.91. The molecule has 0 radical (unpaired) electrons. The highest BCUT2D eigenvalue weighted by Crippen LogP contribution is 2.38. The Morgan fingerprint density at radius 3 is 2.55 bits per heavy atom. The summed E-state index contributed by atoms with van der Waals surface area (Å²) in [7, 11) is 0. The van der Waals surface area contributed by atoms with Gasteiger partial charge in [-0.25, -0.2) is 14.5 Å². The Bertz CT molecular complexity index is 1610. The highest BCUT2D eigenvalue weighted by atomic mass is 35.5. The van der Waals surface area contributed by atoms with Crippen LogP contribution in [0, 0.1) is 0 Å². The van der Waals surface area contributed by atoms with E-state index in [0.29, 0.717) is 41.1 Å². The van der Waals surface area contributed by atoms with Crippen LogP contribution in [-0.4, -0.2) is 67.6 Å². The van der Waals surface area contributed by atoms with E-state index < -0.39 is 12.2 Å². The Balaban J connectivity index is 1.20. The lowest BCUT2D eigenvalue weighted by Crippen LogP contribution is -2.70. The molecule has 0 aliphatic carbocycles. The summed E-state index contributed by atoms with van der Waals surface area (Å²) in [6, 6.07) is 9.99. The topological polar surface area (TPSA) is 106 Å². The molecule has 10 nitrogen and oxygen atoms in total. The molecule has 0 saturated carbocycles. The number of anilines is 1. The molecule has 1 aromatic carbocycles. The van der Waals surface area contributed by atoms with Gasteiger partial charge >= 0.3 is 6.09 Å². The number of carbonyl (C=O) groups is 1. The molecule has 4 aromatic rings. The smallest absolute Gasteiger partial charge is 0.407 e. The quantitative estimate of drug-likeness (QED) is 0.261. The van der Waals surface area contributed by atoms with Gasteiger partial charge in [-0.2, -0.15) is 5.10 Å². The van der Waals surface area contributed by atoms with Gasteiger partial charge in [0.25, 0.3) is 0 Å². The third-order valence-electron chi connectivity index (χ3n) is 8.48. The van der Waals surface area contributed by atoms with E-state index in [9.17, 15) is 9.90 Å². The summed E-state index contributed by atoms with van der Waals surface area (Å²) >= 11 is 12.8. The van der Waals surface area contributed by atoms with Crippen LogP contribution < -0.4 is 9.64 Å². The Hall–Kier alpha value is -3.60. The number of hydrogen-bond acceptors (Lipinski definition) is 7. The van der Waals surface area contributed by atoms with Crippen molar-refractivity contribution in [3.05, 3.63) is 64.5 Å². The minimum atomic E-state index is -0.840. The molecular formula is C30H30Cl2N6O4. The lowest BCUT2D eigenvalue weighted by atomic mass is 9.88. The van der Waals surface area contributed by atoms with E-state index in [2.05, 4.69) is 9.88 Å². The Morgan fingerprint density at radius 1 is 1.10 bits per heavy atom. The first-order valence-corrected chi connectivity index (χ1v) is 14.9. The summed E-state index contributed by atoms with van der Waals surface area (Å²) in [4.78, 5) is 24.0. The number of fused-ring (bicyclic) bond motifs is 3. The lowest BCUT2D eigenvalue weighted by molar-refractivity contribution is -0.0365. The van der Waals surface area contributed by atoms with Gasteiger partial charge in [0.05, 0.1) is 27.6 Å². The van der Waals surface area contributed by atoms with Gasteiger partial charge < -0.3 is 19.5 Å². The van der Waals surface area contributed by atoms with E-state index in [1.54, 1.807) is 17.3 Å². The highest BCUT2D eigenvalue weighted by Gasteiger charge is 2.47. The Labute approximate surface area is 252 Å². The number of aromatic nitrogens is 4. The molecule has 4 atom stereocenters. The van der Waals surface area contributed by atoms with Crippen LogP contribution >= 0.6 is 23.2 Å². The number of pyridine rings is 2. The second kappa shape index (κ2) is 10.9. The number of ether oxygens (including phenoxy) is 2. The number of halogens is 2. The molecule has 8 rings (SSSR count). The summed E-state index contributed by atoms with van der Waals surface area (Å²) in [6.07, 6.45) is 7.52. The van der Waals surface area contributed by atoms with Crippen molar-refractivity contribution in [2.45, 2.75) is 57.0 Å². The van der Waals surface area contributed by atoms with Crippen molar-refractivity contribution < 1.29 is 19.4 Å². The number of piperazine rings is 1. The number of hydrogen-bond donors (Lipinski definition) is 1. The maximum Gasteiger partial charge on any atom is 0.407 e. The Kier molecular flexibility index (Phi) is 7.08. The van der Waals surface area contributed by atoms with Crippen molar-refractivity contribution >= 4 is 46.0 Å². The molecule has 42 heavy (non-hydrogen) atoms. The van der Waals surface area contributed by atoms with E-state index in [4.69, 9.17) is 42.8 Å². The molecule has 7 heterocycles. The number of rotatable bonds is 6. The normalized spacial score (nSPS) is 22.6. The van der Waals surface area contributed by atoms with E-state index in [1.807, 2.05) is 48.1 Å². The number of carboxylic acid groups (broad SMARTS) is 1. The summed E-state index contributed by atoms with van der Waals surface area (Å²) in [5.41, 5.74) is 3.29. The second-order valence-electron chi connectivity index (χ2n) is 11.1. The first-order chi connectivity index (χ1) is 20.4. The molecule has 1 amide bonds. The third kappa shape index (κ3) is 4.81. The standard InChI is InChI=1S/C30H30Cl2N6O4/c1-17(28-23(31)13-33-14-24(28)32)42-21-6-7-25-22(11-21)29(35-38(25)27-4-2-3-9-41-27)18-5-8-26(34-12-18)36-15-19-10-20(16-36)37(19)30(39)40/h5-8,11-14,17,19-20,27H,2-4,9-10,15-16H2,1H3,(H,39,40)/t17-,19?,20?,27?/m1/s1. The van der Waals surface area contributed by atoms with Crippen molar-refractivity contribution in [1.82, 2.24) is 24.6 Å². The number of piperidine rings is 1. The molecule has 2 bridgehead atoms. The van der Waals surface area contributed by atoms with E-state index in [1.165, 1.54) is 0 Å². The predicted octanol–water partition coefficient (Wildman–Crippen LogP) is 6.58. The molecule has 1 N–H and O–H groups in total. The maximum atomic E-state index is 11.5. The van der Waals surface area contributed by atoms with Gasteiger partial charge in [0.2, 0.25) is 0 Å². The van der Waals surface area contributed by atoms with Gasteiger partial charge in [0, 0.05) is 54.8 Å². The maximum absolute atomic E-state index is 11.5. The van der Waals surface area contributed by atoms with Gasteiger partial charge in [-0.1, -0.05) is 23.2 Å². The zero-order valence-electron chi connectivity index (χ0n) is 23.0. The summed E-state index contributed by atoms with van der Waals surface area (Å²) < 4.78 is 14.4. The van der Waals surface area contributed by atoms with Crippen LogP contribution in [0.25, 0.3) is 22.2 Å². The molecule has 4 saturated heterocycles. The number of benzene rings is 1. The van der Waals surface area contributed by atoms with Gasteiger partial charge in [-0.15, -0.1) is 0 Å². The van der Waals surface area contributed by atoms with Crippen LogP contribution in [0.1, 0.15) is 50.5 Å². The van der Waals surface area contributed by atoms with Crippen LogP contribution in [-0.2, 0) is 4.74 Å². The number of amides is 1. The van der Waals surface area contributed by atoms with Crippen molar-refractivity contribution in [3.63, 3.8) is 0 Å². The molecule has 3 aromatic heterocycles. The van der Waals surface area contributed by atoms with E-state index in [0.717, 1.165) is 53.7 Å². The van der Waals surface area contributed by atoms with Gasteiger partial charge in [-0.05, 0) is 62.9 Å². The SMILES string of the molecule is C[C@@H](Oc1ccc2c(c1)c(-c1ccc(N3CC4CC(C3)N4C(=O)O)nc1)nn2C1CCCCO1)c1c(Cl)cncc1Cl. The fraction of sp³-hybridized carbons (Fsp3) is 0.400. The van der Waals surface area contributed by atoms with Crippen LogP contribution in [0.4, 0.5) is 10.6 Å². The third-order valence-corrected chi connectivity index (χ3v) is 9.08. The first kappa shape index (κ1) is 27.2. The zero-order valence-corrected chi connectivity index (χ0v) is 24.5. The Morgan fingerprint density at radius 2 is 1.88 bits per heavy atom. The summed E-state index contributed by atoms with van der Waals surface area (Å²) in [5.74, 6) is 1.49. The second-order valence-corrected chi connectivity index (χ2v) is 11.9. The highest BCUT2D eigenvalue weighted by molar-refractivity contribution is 6.35. The predicted molar refractivity (Wildman–Crippen MR) is 159 cm³/mol. The average molecular weight is 610 g/mol. The van der Waals surface area contributed by atoms with E-state index >= 15 is 0 Å². The van der Waals surface area contributed by atoms with Crippen LogP contribution in [0.3, 0.4) is 0 Å². The van der Waals surface area contributed by atoms with Crippen LogP contribution in [0.5, 0.6) is 5.75 Å². The molecule has 218 valence electrons. The van der Waals surface area contributed by atoms with Gasteiger partial charge in [-0.3, -0.25) is 9.88 Å². The van der Waals surface area contributed by atoms with Crippen LogP contribution in [0.2, 0.25) is 10.0 Å². The van der Waals surface area contributed by atoms with Gasteiger partial charge in [0.15, 0.2) is 6.23 Å². The fourth-order valence-electron chi connectivity index (χ4n) is 6.44. The zero-order chi connectivity index (χ0) is 29.0. The minimum absolute atomic E-state index is 0.0237. The van der Waals surface area contributed by atoms with Crippen molar-refractivity contribution in [1.29, 1.82) is 0 Å². The first-order valence-electron chi connectivity index (χ1n) is 14.2. The molecule has 3 unspecified atom stereocenters. The van der Waals surface area contributed by atoms with Crippen molar-refractivity contribution in [3.8, 4) is 17.0 Å². The number of nitrogens with zero attached hydrogens (tertiary/aromatic N) is 6. The molecule has 0 spiro atoms. The molecule has 4 aliphatic heterocycles. The molecule has 4 aliphatic rings. The largest absolute Gasteiger partial charge is 0.486 e. The monoisotopic (exact) mass is 608 g/mol. The minimum Gasteiger partial charge on any atom is -0.486 e. The summed E-state index contributed by atoms with van der Waals surface area (Å²) in [5, 5.41) is 16.3. The van der Waals surface area contributed by atoms with E-state index in [-0.39, 0.29) is 18.3 Å².